The van der Waals surface area contributed by atoms with Crippen molar-refractivity contribution in [2.45, 2.75) is 135 Å². The molecule has 0 unspecified atom stereocenters. The molecule has 0 aromatic heterocycles. The zero-order chi connectivity index (χ0) is 94.5. The fourth-order valence-electron chi connectivity index (χ4n) is 9.54. The predicted molar refractivity (Wildman–Crippen MR) is 500 cm³/mol. The van der Waals surface area contributed by atoms with Crippen molar-refractivity contribution in [2.24, 2.45) is 5.73 Å². The van der Waals surface area contributed by atoms with Crippen LogP contribution in [0.15, 0.2) is 72.8 Å². The van der Waals surface area contributed by atoms with Gasteiger partial charge in [-0.05, 0) is 170 Å². The van der Waals surface area contributed by atoms with Gasteiger partial charge in [-0.25, -0.2) is 0 Å². The summed E-state index contributed by atoms with van der Waals surface area (Å²) in [5.74, 6) is -1.76. The Kier molecular flexibility index (Phi) is 82.8. The lowest BCUT2D eigenvalue weighted by molar-refractivity contribution is -0.192. The minimum atomic E-state index is -0.911. The van der Waals surface area contributed by atoms with Crippen molar-refractivity contribution in [3.05, 3.63) is 115 Å². The number of aliphatic carboxylic acids is 2. The van der Waals surface area contributed by atoms with Crippen LogP contribution in [0.2, 0.25) is 0 Å². The first-order valence-corrected chi connectivity index (χ1v) is 42.0. The van der Waals surface area contributed by atoms with E-state index >= 15 is 0 Å². The van der Waals surface area contributed by atoms with Crippen molar-refractivity contribution >= 4 is 250 Å². The Morgan fingerprint density at radius 3 is 1.16 bits per heavy atom. The van der Waals surface area contributed by atoms with Crippen LogP contribution < -0.4 is 58.4 Å². The number of halogens is 6. The van der Waals surface area contributed by atoms with Crippen molar-refractivity contribution in [3.8, 4) is 0 Å². The number of carbonyl (C=O) groups excluding carboxylic acids is 14. The summed E-state index contributed by atoms with van der Waals surface area (Å²) in [5, 5.41) is 42.7. The van der Waals surface area contributed by atoms with E-state index in [4.69, 9.17) is 88.5 Å². The van der Waals surface area contributed by atoms with Crippen LogP contribution in [-0.2, 0) is 120 Å². The van der Waals surface area contributed by atoms with Crippen LogP contribution in [0, 0.1) is 31.3 Å². The molecule has 0 fully saturated rings. The van der Waals surface area contributed by atoms with E-state index in [1.807, 2.05) is 87.5 Å². The number of benzene rings is 4. The van der Waals surface area contributed by atoms with Crippen molar-refractivity contribution in [2.75, 3.05) is 124 Å². The zero-order valence-corrected chi connectivity index (χ0v) is 77.8. The number of nitrogens with zero attached hydrogens (tertiary/aromatic N) is 2. The van der Waals surface area contributed by atoms with Crippen LogP contribution >= 0.6 is 91.6 Å². The molecule has 6 radical (unpaired) electrons. The number of Topliss-reactive ketones (excluding diaryl/α,β-unsaturated/α-hetero) is 1. The third-order valence-corrected chi connectivity index (χ3v) is 18.8. The highest BCUT2D eigenvalue weighted by Gasteiger charge is 2.21. The van der Waals surface area contributed by atoms with Gasteiger partial charge in [0.1, 0.15) is 5.78 Å². The number of nitrogens with one attached hydrogen (secondary N) is 6. The van der Waals surface area contributed by atoms with E-state index in [1.165, 1.54) is 81.3 Å². The summed E-state index contributed by atoms with van der Waals surface area (Å²) in [5.41, 5.74) is 28.4. The summed E-state index contributed by atoms with van der Waals surface area (Å²) in [4.78, 5) is 167. The molecule has 0 saturated carbocycles. The topological polar surface area (TPSA) is 537 Å². The van der Waals surface area contributed by atoms with Crippen LogP contribution in [-0.4, -0.2) is 290 Å². The van der Waals surface area contributed by atoms with Gasteiger partial charge < -0.3 is 126 Å². The summed E-state index contributed by atoms with van der Waals surface area (Å²) >= 11 is 27.8. The molecule has 123 heavy (non-hydrogen) atoms. The number of aliphatic hydroxyl groups excluding tert-OH is 1. The minimum Gasteiger partial charge on any atom is -0.481 e. The molecule has 674 valence electrons. The largest absolute Gasteiger partial charge is 0.481 e. The quantitative estimate of drug-likeness (QED) is 0.00442. The number of carbonyl (C=O) groups is 14. The number of methoxy groups -OCH3 is 5. The second kappa shape index (κ2) is 82.4. The molecule has 0 bridgehead atoms. The monoisotopic (exact) mass is 2020 g/mol. The molecule has 0 spiro atoms. The molecule has 0 saturated heterocycles. The van der Waals surface area contributed by atoms with Crippen LogP contribution in [0.25, 0.3) is 0 Å². The molecule has 4 aromatic carbocycles. The number of ketones is 1. The first-order valence-electron chi connectivity index (χ1n) is 37.2. The number of anilines is 4. The van der Waals surface area contributed by atoms with Crippen LogP contribution in [0.3, 0.4) is 0 Å². The van der Waals surface area contributed by atoms with Crippen molar-refractivity contribution in [1.29, 1.82) is 0 Å². The normalized spacial score (nSPS) is 11.2. The highest BCUT2D eigenvalue weighted by atomic mass is 127. The van der Waals surface area contributed by atoms with Crippen molar-refractivity contribution in [1.82, 2.24) is 31.4 Å². The van der Waals surface area contributed by atoms with Gasteiger partial charge in [-0.2, -0.15) is 9.59 Å². The second-order valence-electron chi connectivity index (χ2n) is 25.1. The van der Waals surface area contributed by atoms with Gasteiger partial charge in [0, 0.05) is 111 Å². The maximum atomic E-state index is 11.3. The van der Waals surface area contributed by atoms with E-state index in [2.05, 4.69) is 123 Å². The molecule has 0 heterocycles. The summed E-state index contributed by atoms with van der Waals surface area (Å²) in [7, 11) is 13.8. The number of hydrogen-bond donors (Lipinski definition) is 12. The van der Waals surface area contributed by atoms with E-state index in [-0.39, 0.29) is 106 Å². The lowest BCUT2D eigenvalue weighted by Gasteiger charge is -2.25. The molecule has 35 nitrogen and oxygen atoms in total. The highest BCUT2D eigenvalue weighted by molar-refractivity contribution is 14.1. The Morgan fingerprint density at radius 1 is 0.472 bits per heavy atom. The number of nitrogen functional groups attached to an aromatic ring is 2. The van der Waals surface area contributed by atoms with Gasteiger partial charge in [0.15, 0.2) is 0 Å². The summed E-state index contributed by atoms with van der Waals surface area (Å²) in [6.45, 7) is 12.4. The molecule has 0 amide bonds. The molecule has 15 N–H and O–H groups in total. The van der Waals surface area contributed by atoms with Gasteiger partial charge in [-0.3, -0.25) is 38.4 Å². The average Bonchev–Trinajstić information content (AvgIpc) is 0.827. The minimum absolute atomic E-state index is 0.0248. The Morgan fingerprint density at radius 2 is 0.805 bits per heavy atom. The molecular formula is C76H111B6Cl4I2N11O24. The van der Waals surface area contributed by atoms with Crippen LogP contribution in [0.4, 0.5) is 22.7 Å². The van der Waals surface area contributed by atoms with Gasteiger partial charge in [0.2, 0.25) is 0 Å². The molecular weight excluding hydrogens is 1910 g/mol. The SMILES string of the molecule is COC(=O)CCN[B]C=O.COC(=O)C[C@@H](N[B]C=O)C(C)=O.COC(=O)C[C@H](CI)N[B]C=O.COC(=O)C[C@H](CO)N[B]C=O.COC(=O)C[C@H](Cc1cc(N)ccc1C)N[B]C=O.Cc1ccc(N(CCCl)CCCl)cc1C[C@@H](CC(=O)O)N[B]C=O.Cc1ccc(N(CCCl)CCCl)cc1C[C@H](N)CC(=O)O.Cc1ccc(N)cc1I.O=C=O. The first-order chi connectivity index (χ1) is 58.6. The number of carboxylic acids is 2. The Hall–Kier alpha value is -7.87. The number of hydrogen-bond acceptors (Lipinski definition) is 33. The lowest BCUT2D eigenvalue weighted by atomic mass is 9.91. The first kappa shape index (κ1) is 124. The van der Waals surface area contributed by atoms with E-state index < -0.39 is 36.0 Å². The maximum Gasteiger partial charge on any atom is 0.373 e. The number of nitrogens with two attached hydrogens (primary N) is 3. The summed E-state index contributed by atoms with van der Waals surface area (Å²) in [6.07, 6.45) is 6.09. The third-order valence-electron chi connectivity index (χ3n) is 15.9. The number of rotatable bonds is 51. The lowest BCUT2D eigenvalue weighted by Crippen LogP contribution is -2.40. The number of aryl methyl sites for hydroxylation is 4. The molecule has 0 aliphatic carbocycles. The second-order valence-corrected chi connectivity index (χ2v) is 28.7. The Bertz CT molecular complexity index is 3700. The van der Waals surface area contributed by atoms with E-state index in [9.17, 15) is 67.1 Å². The smallest absolute Gasteiger partial charge is 0.373 e. The molecule has 47 heteroatoms. The van der Waals surface area contributed by atoms with E-state index in [0.29, 0.717) is 105 Å². The van der Waals surface area contributed by atoms with Crippen LogP contribution in [0.1, 0.15) is 90.8 Å². The van der Waals surface area contributed by atoms with Crippen LogP contribution in [0.5, 0.6) is 0 Å². The molecule has 4 aromatic rings. The van der Waals surface area contributed by atoms with Gasteiger partial charge in [0.05, 0.1) is 130 Å². The van der Waals surface area contributed by atoms with Gasteiger partial charge >= 0.3 is 47.9 Å². The van der Waals surface area contributed by atoms with Gasteiger partial charge in [-0.15, -0.1) is 46.4 Å². The van der Waals surface area contributed by atoms with Gasteiger partial charge in [0.25, 0.3) is 44.5 Å². The standard InChI is InChI=1S/C16H22BCl2N2O3.C15H22Cl2N2O2.C13H18BN2O3.C7H11BNO4.C7H8IN.C6H10BINO3.C6H11BNO4.C5H9BNO3.CO2/c1-12-2-3-15(21(6-4-18)7-5-19)9-13(12)8-14(10-16(23)24)20-17-11-22;1-11-2-3-14(19(6-4-16)7-5-17)9-12(11)8-13(18)10-15(20)21;1-9-3-4-11(15)5-10(9)6-12(16-14-8-17)7-13(18)19-2;1-5(11)6(9-8-4-10)3-7(12)13-2;1-5-2-3-6(9)4-7(5)8;1-12-6(11)2-5(3-8)9-7-4-10;1-12-6(11)2-5(3-9)8-7-4-10;1-10-5(9)2-3-7-6-4-8;2-1-3/h2-3,9,11,14,20H,4-8,10H2,1H3,(H,23,24);2-3,9,13H,4-8,10,18H2,1H3,(H,20,21);3-5,8,12,16H,6-7,15H2,1-2H3;4,6,9H,3H2,1-2H3;2-4H,9H2,1H3;4-5,9H,2-3H2,1H3;4-5,8-9H,2-3H2,1H3;4,7H,2-3H2,1H3;/t14-;13-;12-;6-;;2*5-;;/m0001.11../s1. The fraction of sp³-hybridized carbons (Fsp3) is 0.487. The van der Waals surface area contributed by atoms with E-state index in [0.717, 1.165) is 82.8 Å². The molecule has 0 aliphatic heterocycles. The zero-order valence-electron chi connectivity index (χ0n) is 70.5. The van der Waals surface area contributed by atoms with E-state index in [1.54, 1.807) is 0 Å². The molecule has 0 aliphatic rings. The van der Waals surface area contributed by atoms with Crippen molar-refractivity contribution in [3.63, 3.8) is 0 Å². The summed E-state index contributed by atoms with van der Waals surface area (Å²) in [6, 6.07) is 21.6. The predicted octanol–water partition coefficient (Wildman–Crippen LogP) is 2.65. The third kappa shape index (κ3) is 69.1. The Labute approximate surface area is 771 Å². The number of carboxylic acid groups (broad SMARTS) is 2. The molecule has 6 atom stereocenters. The summed E-state index contributed by atoms with van der Waals surface area (Å²) < 4.78 is 24.2. The van der Waals surface area contributed by atoms with Crippen molar-refractivity contribution < 1.29 is 116 Å². The average molecular weight is 2020 g/mol. The number of alkyl halides is 5. The maximum absolute atomic E-state index is 11.3. The highest BCUT2D eigenvalue weighted by Crippen LogP contribution is 2.24. The number of aliphatic hydroxyl groups is 1. The van der Waals surface area contributed by atoms with Gasteiger partial charge in [-0.1, -0.05) is 46.9 Å². The number of ether oxygens (including phenoxy) is 5. The Balaban J connectivity index is -0.000000438. The molecule has 4 rings (SSSR count). The fourth-order valence-corrected chi connectivity index (χ4v) is 11.5. The number of esters is 5.